The maximum absolute atomic E-state index is 9.58. The molecule has 1 aliphatic rings. The molecule has 1 aromatic heterocycles. The third kappa shape index (κ3) is 3.82. The molecular weight excluding hydrogens is 252 g/mol. The molecule has 1 saturated carbocycles. The second-order valence-electron chi connectivity index (χ2n) is 5.48. The summed E-state index contributed by atoms with van der Waals surface area (Å²) in [6, 6.07) is 0.415. The zero-order valence-electron chi connectivity index (χ0n) is 12.5. The third-order valence-corrected chi connectivity index (χ3v) is 3.83. The molecular formula is C15H26N4O. The minimum atomic E-state index is -0.120. The van der Waals surface area contributed by atoms with Crippen LogP contribution in [0.5, 0.6) is 0 Å². The van der Waals surface area contributed by atoms with Crippen molar-refractivity contribution >= 4 is 11.6 Å². The summed E-state index contributed by atoms with van der Waals surface area (Å²) in [5.41, 5.74) is 1.18. The van der Waals surface area contributed by atoms with Crippen molar-refractivity contribution in [2.45, 2.75) is 64.5 Å². The highest BCUT2D eigenvalue weighted by Gasteiger charge is 2.21. The van der Waals surface area contributed by atoms with Gasteiger partial charge in [-0.25, -0.2) is 9.97 Å². The lowest BCUT2D eigenvalue weighted by Gasteiger charge is -2.27. The lowest BCUT2D eigenvalue weighted by molar-refractivity contribution is 0.126. The van der Waals surface area contributed by atoms with E-state index in [9.17, 15) is 5.11 Å². The molecule has 112 valence electrons. The fraction of sp³-hybridized carbons (Fsp3) is 0.733. The highest BCUT2D eigenvalue weighted by molar-refractivity contribution is 5.57. The van der Waals surface area contributed by atoms with Gasteiger partial charge in [-0.15, -0.1) is 0 Å². The fourth-order valence-electron chi connectivity index (χ4n) is 2.76. The molecule has 5 nitrogen and oxygen atoms in total. The van der Waals surface area contributed by atoms with Crippen LogP contribution >= 0.6 is 0 Å². The summed E-state index contributed by atoms with van der Waals surface area (Å²) in [6.45, 7) is 5.11. The standard InChI is InChI=1S/C15H26N4O/c1-3-5-13-14(16-4-2)17-10-18-15(13)19-11-6-8-12(20)9-7-11/h10-12,20H,3-9H2,1-2H3,(H2,16,17,18,19). The summed E-state index contributed by atoms with van der Waals surface area (Å²) in [5.74, 6) is 1.90. The molecule has 1 heterocycles. The number of aromatic nitrogens is 2. The molecule has 5 heteroatoms. The van der Waals surface area contributed by atoms with E-state index in [2.05, 4.69) is 34.4 Å². The topological polar surface area (TPSA) is 70.1 Å². The molecule has 0 radical (unpaired) electrons. The highest BCUT2D eigenvalue weighted by atomic mass is 16.3. The maximum atomic E-state index is 9.58. The van der Waals surface area contributed by atoms with Crippen LogP contribution in [0, 0.1) is 0 Å². The minimum absolute atomic E-state index is 0.120. The molecule has 1 fully saturated rings. The van der Waals surface area contributed by atoms with E-state index in [-0.39, 0.29) is 6.10 Å². The van der Waals surface area contributed by atoms with Crippen LogP contribution in [0.2, 0.25) is 0 Å². The fourth-order valence-corrected chi connectivity index (χ4v) is 2.76. The molecule has 0 saturated heterocycles. The van der Waals surface area contributed by atoms with E-state index in [1.165, 1.54) is 5.56 Å². The first-order valence-electron chi connectivity index (χ1n) is 7.76. The van der Waals surface area contributed by atoms with Crippen LogP contribution in [0.1, 0.15) is 51.5 Å². The number of aliphatic hydroxyl groups excluding tert-OH is 1. The maximum Gasteiger partial charge on any atom is 0.134 e. The van der Waals surface area contributed by atoms with Crippen molar-refractivity contribution in [3.05, 3.63) is 11.9 Å². The molecule has 20 heavy (non-hydrogen) atoms. The summed E-state index contributed by atoms with van der Waals surface area (Å²) in [7, 11) is 0. The Bertz CT molecular complexity index is 416. The van der Waals surface area contributed by atoms with Gasteiger partial charge in [0.15, 0.2) is 0 Å². The first-order valence-corrected chi connectivity index (χ1v) is 7.76. The number of rotatable bonds is 6. The number of nitrogens with one attached hydrogen (secondary N) is 2. The molecule has 0 amide bonds. The van der Waals surface area contributed by atoms with Crippen LogP contribution in [0.4, 0.5) is 11.6 Å². The van der Waals surface area contributed by atoms with Crippen LogP contribution in [-0.4, -0.2) is 33.8 Å². The van der Waals surface area contributed by atoms with E-state index in [1.807, 2.05) is 0 Å². The Morgan fingerprint density at radius 2 is 1.85 bits per heavy atom. The number of nitrogens with zero attached hydrogens (tertiary/aromatic N) is 2. The molecule has 1 aromatic rings. The molecule has 0 atom stereocenters. The van der Waals surface area contributed by atoms with Gasteiger partial charge in [0, 0.05) is 18.2 Å². The smallest absolute Gasteiger partial charge is 0.134 e. The van der Waals surface area contributed by atoms with Gasteiger partial charge in [-0.3, -0.25) is 0 Å². The van der Waals surface area contributed by atoms with E-state index < -0.39 is 0 Å². The Balaban J connectivity index is 2.11. The molecule has 3 N–H and O–H groups in total. The Morgan fingerprint density at radius 3 is 2.50 bits per heavy atom. The molecule has 0 spiro atoms. The Labute approximate surface area is 121 Å². The quantitative estimate of drug-likeness (QED) is 0.746. The van der Waals surface area contributed by atoms with Crippen LogP contribution < -0.4 is 10.6 Å². The Kier molecular flexibility index (Phi) is 5.59. The first-order chi connectivity index (χ1) is 9.74. The van der Waals surface area contributed by atoms with E-state index >= 15 is 0 Å². The Morgan fingerprint density at radius 1 is 1.15 bits per heavy atom. The summed E-state index contributed by atoms with van der Waals surface area (Å²) < 4.78 is 0. The number of hydrogen-bond donors (Lipinski definition) is 3. The van der Waals surface area contributed by atoms with Gasteiger partial charge in [0.25, 0.3) is 0 Å². The minimum Gasteiger partial charge on any atom is -0.393 e. The lowest BCUT2D eigenvalue weighted by Crippen LogP contribution is -2.29. The van der Waals surface area contributed by atoms with Gasteiger partial charge < -0.3 is 15.7 Å². The SMILES string of the molecule is CCCc1c(NCC)ncnc1NC1CCC(O)CC1. The second-order valence-corrected chi connectivity index (χ2v) is 5.48. The van der Waals surface area contributed by atoms with Gasteiger partial charge in [0.1, 0.15) is 18.0 Å². The normalized spacial score (nSPS) is 22.6. The van der Waals surface area contributed by atoms with Crippen molar-refractivity contribution in [1.82, 2.24) is 9.97 Å². The zero-order chi connectivity index (χ0) is 14.4. The highest BCUT2D eigenvalue weighted by Crippen LogP contribution is 2.26. The number of anilines is 2. The van der Waals surface area contributed by atoms with Gasteiger partial charge in [-0.1, -0.05) is 13.3 Å². The summed E-state index contributed by atoms with van der Waals surface area (Å²) in [4.78, 5) is 8.78. The summed E-state index contributed by atoms with van der Waals surface area (Å²) in [6.07, 6.45) is 7.33. The second kappa shape index (κ2) is 7.43. The van der Waals surface area contributed by atoms with E-state index in [0.717, 1.165) is 56.7 Å². The van der Waals surface area contributed by atoms with Gasteiger partial charge in [0.2, 0.25) is 0 Å². The number of hydrogen-bond acceptors (Lipinski definition) is 5. The van der Waals surface area contributed by atoms with Gasteiger partial charge in [-0.05, 0) is 39.0 Å². The van der Waals surface area contributed by atoms with Crippen LogP contribution in [0.15, 0.2) is 6.33 Å². The third-order valence-electron chi connectivity index (χ3n) is 3.83. The molecule has 2 rings (SSSR count). The number of aliphatic hydroxyl groups is 1. The molecule has 0 aromatic carbocycles. The van der Waals surface area contributed by atoms with Gasteiger partial charge in [0.05, 0.1) is 6.10 Å². The summed E-state index contributed by atoms with van der Waals surface area (Å²) >= 11 is 0. The van der Waals surface area contributed by atoms with Crippen molar-refractivity contribution in [3.8, 4) is 0 Å². The largest absolute Gasteiger partial charge is 0.393 e. The molecule has 0 aliphatic heterocycles. The zero-order valence-corrected chi connectivity index (χ0v) is 12.5. The molecule has 0 bridgehead atoms. The van der Waals surface area contributed by atoms with Crippen LogP contribution in [0.3, 0.4) is 0 Å². The lowest BCUT2D eigenvalue weighted by atomic mass is 9.93. The van der Waals surface area contributed by atoms with Crippen molar-refractivity contribution in [2.75, 3.05) is 17.2 Å². The summed E-state index contributed by atoms with van der Waals surface area (Å²) in [5, 5.41) is 16.4. The monoisotopic (exact) mass is 278 g/mol. The average molecular weight is 278 g/mol. The average Bonchev–Trinajstić information content (AvgIpc) is 2.45. The van der Waals surface area contributed by atoms with Gasteiger partial charge >= 0.3 is 0 Å². The molecule has 1 aliphatic carbocycles. The van der Waals surface area contributed by atoms with Crippen molar-refractivity contribution in [2.24, 2.45) is 0 Å². The van der Waals surface area contributed by atoms with E-state index in [4.69, 9.17) is 0 Å². The van der Waals surface area contributed by atoms with Crippen LogP contribution in [-0.2, 0) is 6.42 Å². The predicted octanol–water partition coefficient (Wildman–Crippen LogP) is 2.58. The van der Waals surface area contributed by atoms with Crippen molar-refractivity contribution in [3.63, 3.8) is 0 Å². The van der Waals surface area contributed by atoms with Crippen LogP contribution in [0.25, 0.3) is 0 Å². The van der Waals surface area contributed by atoms with Crippen molar-refractivity contribution in [1.29, 1.82) is 0 Å². The first kappa shape index (κ1) is 15.0. The Hall–Kier alpha value is -1.36. The van der Waals surface area contributed by atoms with E-state index in [1.54, 1.807) is 6.33 Å². The molecule has 0 unspecified atom stereocenters. The van der Waals surface area contributed by atoms with Crippen molar-refractivity contribution < 1.29 is 5.11 Å². The van der Waals surface area contributed by atoms with Gasteiger partial charge in [-0.2, -0.15) is 0 Å². The van der Waals surface area contributed by atoms with E-state index in [0.29, 0.717) is 6.04 Å². The predicted molar refractivity (Wildman–Crippen MR) is 82.1 cm³/mol.